The molecular formula is C12H16BrFN2. The Kier molecular flexibility index (Phi) is 3.50. The molecule has 1 aromatic rings. The second-order valence-electron chi connectivity index (χ2n) is 4.50. The zero-order chi connectivity index (χ0) is 11.7. The Labute approximate surface area is 104 Å². The fourth-order valence-electron chi connectivity index (χ4n) is 2.17. The van der Waals surface area contributed by atoms with Gasteiger partial charge in [0.2, 0.25) is 0 Å². The van der Waals surface area contributed by atoms with Crippen LogP contribution in [0.15, 0.2) is 16.6 Å². The molecule has 1 saturated carbocycles. The Morgan fingerprint density at radius 1 is 1.44 bits per heavy atom. The number of aryl methyl sites for hydroxylation is 1. The Morgan fingerprint density at radius 3 is 2.81 bits per heavy atom. The molecular weight excluding hydrogens is 271 g/mol. The maximum Gasteiger partial charge on any atom is 0.137 e. The molecule has 16 heavy (non-hydrogen) atoms. The van der Waals surface area contributed by atoms with Gasteiger partial charge in [0.05, 0.1) is 4.47 Å². The molecule has 0 amide bonds. The maximum absolute atomic E-state index is 13.2. The van der Waals surface area contributed by atoms with Crippen LogP contribution in [-0.2, 0) is 0 Å². The third kappa shape index (κ3) is 2.55. The summed E-state index contributed by atoms with van der Waals surface area (Å²) in [6, 6.07) is 4.07. The molecule has 88 valence electrons. The van der Waals surface area contributed by atoms with Gasteiger partial charge in [-0.3, -0.25) is 0 Å². The Hall–Kier alpha value is -0.610. The summed E-state index contributed by atoms with van der Waals surface area (Å²) in [6.07, 6.45) is 3.16. The van der Waals surface area contributed by atoms with Gasteiger partial charge in [0.15, 0.2) is 0 Å². The minimum absolute atomic E-state index is 0.217. The van der Waals surface area contributed by atoms with Gasteiger partial charge >= 0.3 is 0 Å². The summed E-state index contributed by atoms with van der Waals surface area (Å²) in [5.41, 5.74) is 7.79. The average molecular weight is 287 g/mol. The second-order valence-corrected chi connectivity index (χ2v) is 5.35. The van der Waals surface area contributed by atoms with Crippen molar-refractivity contribution in [3.8, 4) is 0 Å². The Bertz CT molecular complexity index is 395. The zero-order valence-electron chi connectivity index (χ0n) is 9.26. The number of anilines is 1. The second kappa shape index (κ2) is 4.72. The van der Waals surface area contributed by atoms with Crippen LogP contribution in [0.25, 0.3) is 0 Å². The van der Waals surface area contributed by atoms with E-state index in [1.54, 1.807) is 12.1 Å². The van der Waals surface area contributed by atoms with Gasteiger partial charge < -0.3 is 11.1 Å². The summed E-state index contributed by atoms with van der Waals surface area (Å²) >= 11 is 3.20. The van der Waals surface area contributed by atoms with Crippen LogP contribution in [0, 0.1) is 12.7 Å². The van der Waals surface area contributed by atoms with E-state index in [9.17, 15) is 4.39 Å². The highest BCUT2D eigenvalue weighted by Crippen LogP contribution is 2.27. The van der Waals surface area contributed by atoms with E-state index in [-0.39, 0.29) is 5.82 Å². The monoisotopic (exact) mass is 286 g/mol. The molecule has 2 nitrogen and oxygen atoms in total. The van der Waals surface area contributed by atoms with Gasteiger partial charge in [-0.25, -0.2) is 4.39 Å². The summed E-state index contributed by atoms with van der Waals surface area (Å²) in [6.45, 7) is 1.91. The number of halogens is 2. The first-order valence-corrected chi connectivity index (χ1v) is 6.33. The SMILES string of the molecule is Cc1cc(F)c(Br)cc1NC1CCC(N)C1. The maximum atomic E-state index is 13.2. The zero-order valence-corrected chi connectivity index (χ0v) is 10.8. The van der Waals surface area contributed by atoms with Crippen LogP contribution in [0.3, 0.4) is 0 Å². The van der Waals surface area contributed by atoms with Crippen molar-refractivity contribution < 1.29 is 4.39 Å². The van der Waals surface area contributed by atoms with Gasteiger partial charge in [0.1, 0.15) is 5.82 Å². The van der Waals surface area contributed by atoms with Gasteiger partial charge in [0, 0.05) is 17.8 Å². The molecule has 1 aliphatic carbocycles. The predicted octanol–water partition coefficient (Wildman–Crippen LogP) is 3.19. The van der Waals surface area contributed by atoms with Gasteiger partial charge in [-0.2, -0.15) is 0 Å². The molecule has 4 heteroatoms. The smallest absolute Gasteiger partial charge is 0.137 e. The van der Waals surface area contributed by atoms with Crippen molar-refractivity contribution in [1.29, 1.82) is 0 Å². The lowest BCUT2D eigenvalue weighted by Gasteiger charge is -2.16. The summed E-state index contributed by atoms with van der Waals surface area (Å²) in [7, 11) is 0. The normalized spacial score (nSPS) is 24.8. The fraction of sp³-hybridized carbons (Fsp3) is 0.500. The van der Waals surface area contributed by atoms with Crippen molar-refractivity contribution in [3.05, 3.63) is 28.0 Å². The molecule has 0 aromatic heterocycles. The highest BCUT2D eigenvalue weighted by molar-refractivity contribution is 9.10. The van der Waals surface area contributed by atoms with Gasteiger partial charge in [-0.15, -0.1) is 0 Å². The summed E-state index contributed by atoms with van der Waals surface area (Å²) in [5, 5.41) is 3.43. The van der Waals surface area contributed by atoms with E-state index >= 15 is 0 Å². The molecule has 0 spiro atoms. The van der Waals surface area contributed by atoms with Crippen molar-refractivity contribution in [2.45, 2.75) is 38.3 Å². The standard InChI is InChI=1S/C12H16BrFN2/c1-7-4-11(14)10(13)6-12(7)16-9-3-2-8(15)5-9/h4,6,8-9,16H,2-3,5,15H2,1H3. The van der Waals surface area contributed by atoms with Crippen LogP contribution < -0.4 is 11.1 Å². The van der Waals surface area contributed by atoms with Crippen molar-refractivity contribution in [3.63, 3.8) is 0 Å². The summed E-state index contributed by atoms with van der Waals surface area (Å²) < 4.78 is 13.7. The Morgan fingerprint density at radius 2 is 2.19 bits per heavy atom. The third-order valence-corrected chi connectivity index (χ3v) is 3.71. The van der Waals surface area contributed by atoms with Crippen LogP contribution >= 0.6 is 15.9 Å². The molecule has 2 rings (SSSR count). The highest BCUT2D eigenvalue weighted by atomic mass is 79.9. The Balaban J connectivity index is 2.12. The molecule has 1 aromatic carbocycles. The molecule has 0 aliphatic heterocycles. The first-order chi connectivity index (χ1) is 7.56. The number of rotatable bonds is 2. The lowest BCUT2D eigenvalue weighted by Crippen LogP contribution is -2.21. The van der Waals surface area contributed by atoms with Crippen LogP contribution in [0.5, 0.6) is 0 Å². The van der Waals surface area contributed by atoms with E-state index in [0.717, 1.165) is 30.5 Å². The molecule has 1 aliphatic rings. The molecule has 2 atom stereocenters. The van der Waals surface area contributed by atoms with Crippen molar-refractivity contribution in [1.82, 2.24) is 0 Å². The summed E-state index contributed by atoms with van der Waals surface area (Å²) in [4.78, 5) is 0. The molecule has 0 saturated heterocycles. The van der Waals surface area contributed by atoms with Crippen molar-refractivity contribution in [2.24, 2.45) is 5.73 Å². The number of benzene rings is 1. The van der Waals surface area contributed by atoms with Crippen molar-refractivity contribution in [2.75, 3.05) is 5.32 Å². The van der Waals surface area contributed by atoms with Crippen LogP contribution in [0.1, 0.15) is 24.8 Å². The van der Waals surface area contributed by atoms with Crippen LogP contribution in [0.2, 0.25) is 0 Å². The quantitative estimate of drug-likeness (QED) is 0.876. The molecule has 0 bridgehead atoms. The van der Waals surface area contributed by atoms with E-state index in [2.05, 4.69) is 21.2 Å². The van der Waals surface area contributed by atoms with E-state index in [1.807, 2.05) is 6.92 Å². The lowest BCUT2D eigenvalue weighted by atomic mass is 10.1. The van der Waals surface area contributed by atoms with Crippen LogP contribution in [0.4, 0.5) is 10.1 Å². The van der Waals surface area contributed by atoms with Crippen molar-refractivity contribution >= 4 is 21.6 Å². The van der Waals surface area contributed by atoms with E-state index < -0.39 is 0 Å². The first-order valence-electron chi connectivity index (χ1n) is 5.54. The number of nitrogens with two attached hydrogens (primary N) is 1. The largest absolute Gasteiger partial charge is 0.382 e. The highest BCUT2D eigenvalue weighted by Gasteiger charge is 2.22. The molecule has 2 unspecified atom stereocenters. The molecule has 3 N–H and O–H groups in total. The van der Waals surface area contributed by atoms with Gasteiger partial charge in [0.25, 0.3) is 0 Å². The lowest BCUT2D eigenvalue weighted by molar-refractivity contribution is 0.619. The molecule has 0 radical (unpaired) electrons. The fourth-order valence-corrected chi connectivity index (χ4v) is 2.51. The van der Waals surface area contributed by atoms with E-state index in [0.29, 0.717) is 16.6 Å². The van der Waals surface area contributed by atoms with Gasteiger partial charge in [-0.1, -0.05) is 0 Å². The first kappa shape index (κ1) is 11.9. The minimum Gasteiger partial charge on any atom is -0.382 e. The number of nitrogens with one attached hydrogen (secondary N) is 1. The average Bonchev–Trinajstić information content (AvgIpc) is 2.60. The number of hydrogen-bond acceptors (Lipinski definition) is 2. The van der Waals surface area contributed by atoms with Gasteiger partial charge in [-0.05, 0) is 59.8 Å². The number of hydrogen-bond donors (Lipinski definition) is 2. The topological polar surface area (TPSA) is 38.0 Å². The minimum atomic E-state index is -0.217. The molecule has 1 fully saturated rings. The molecule has 0 heterocycles. The predicted molar refractivity (Wildman–Crippen MR) is 68.1 cm³/mol. The third-order valence-electron chi connectivity index (χ3n) is 3.10. The van der Waals surface area contributed by atoms with E-state index in [1.165, 1.54) is 0 Å². The van der Waals surface area contributed by atoms with Crippen LogP contribution in [-0.4, -0.2) is 12.1 Å². The summed E-state index contributed by atoms with van der Waals surface area (Å²) in [5.74, 6) is -0.217. The van der Waals surface area contributed by atoms with E-state index in [4.69, 9.17) is 5.73 Å².